The second kappa shape index (κ2) is 6.14. The number of nitrogens with two attached hydrogens (primary N) is 1. The van der Waals surface area contributed by atoms with E-state index >= 15 is 0 Å². The summed E-state index contributed by atoms with van der Waals surface area (Å²) in [6.45, 7) is 3.93. The molecule has 2 aromatic rings. The van der Waals surface area contributed by atoms with Crippen molar-refractivity contribution >= 4 is 22.4 Å². The van der Waals surface area contributed by atoms with Gasteiger partial charge in [0.2, 0.25) is 0 Å². The zero-order valence-electron chi connectivity index (χ0n) is 12.5. The number of nitrogens with one attached hydrogen (secondary N) is 1. The van der Waals surface area contributed by atoms with Crippen LogP contribution >= 0.6 is 0 Å². The third kappa shape index (κ3) is 3.73. The molecule has 0 saturated carbocycles. The molecule has 0 saturated heterocycles. The van der Waals surface area contributed by atoms with E-state index in [1.54, 1.807) is 19.1 Å². The number of hydrogen-bond donors (Lipinski definition) is 3. The van der Waals surface area contributed by atoms with Crippen LogP contribution in [0.4, 0.5) is 5.69 Å². The van der Waals surface area contributed by atoms with E-state index in [4.69, 9.17) is 5.73 Å². The molecule has 0 fully saturated rings. The van der Waals surface area contributed by atoms with E-state index in [1.165, 1.54) is 0 Å². The molecule has 4 heteroatoms. The first-order chi connectivity index (χ1) is 9.93. The van der Waals surface area contributed by atoms with Crippen molar-refractivity contribution < 1.29 is 9.90 Å². The number of carbonyl (C=O) groups is 1. The van der Waals surface area contributed by atoms with Crippen LogP contribution in [0.3, 0.4) is 0 Å². The van der Waals surface area contributed by atoms with Crippen LogP contribution in [0.25, 0.3) is 10.8 Å². The summed E-state index contributed by atoms with van der Waals surface area (Å²) in [5, 5.41) is 14.8. The molecule has 0 aliphatic carbocycles. The van der Waals surface area contributed by atoms with Crippen LogP contribution in [0.2, 0.25) is 0 Å². The van der Waals surface area contributed by atoms with E-state index < -0.39 is 5.60 Å². The first-order valence-corrected chi connectivity index (χ1v) is 7.22. The smallest absolute Gasteiger partial charge is 0.253 e. The Morgan fingerprint density at radius 1 is 1.29 bits per heavy atom. The van der Waals surface area contributed by atoms with Crippen LogP contribution in [0, 0.1) is 0 Å². The predicted molar refractivity (Wildman–Crippen MR) is 86.2 cm³/mol. The molecule has 1 unspecified atom stereocenters. The Kier molecular flexibility index (Phi) is 4.48. The van der Waals surface area contributed by atoms with Gasteiger partial charge in [0, 0.05) is 12.2 Å². The Bertz CT molecular complexity index is 650. The first-order valence-electron chi connectivity index (χ1n) is 7.22. The molecule has 2 rings (SSSR count). The summed E-state index contributed by atoms with van der Waals surface area (Å²) < 4.78 is 0. The molecule has 4 N–H and O–H groups in total. The maximum atomic E-state index is 12.3. The molecular formula is C17H22N2O2. The van der Waals surface area contributed by atoms with Crippen LogP contribution in [0.5, 0.6) is 0 Å². The lowest BCUT2D eigenvalue weighted by atomic mass is 10.00. The van der Waals surface area contributed by atoms with Crippen LogP contribution < -0.4 is 11.1 Å². The molecule has 1 atom stereocenters. The minimum atomic E-state index is -0.893. The van der Waals surface area contributed by atoms with Gasteiger partial charge < -0.3 is 16.2 Å². The zero-order chi connectivity index (χ0) is 15.5. The number of aliphatic hydroxyl groups is 1. The summed E-state index contributed by atoms with van der Waals surface area (Å²) >= 11 is 0. The van der Waals surface area contributed by atoms with E-state index in [-0.39, 0.29) is 12.5 Å². The van der Waals surface area contributed by atoms with Crippen molar-refractivity contribution in [2.45, 2.75) is 32.3 Å². The molecule has 0 heterocycles. The van der Waals surface area contributed by atoms with E-state index in [2.05, 4.69) is 5.32 Å². The molecule has 0 radical (unpaired) electrons. The fourth-order valence-electron chi connectivity index (χ4n) is 2.45. The molecule has 2 aromatic carbocycles. The second-order valence-electron chi connectivity index (χ2n) is 5.72. The van der Waals surface area contributed by atoms with Crippen molar-refractivity contribution in [2.75, 3.05) is 12.3 Å². The van der Waals surface area contributed by atoms with E-state index in [0.717, 1.165) is 17.2 Å². The molecule has 0 aliphatic heterocycles. The van der Waals surface area contributed by atoms with Gasteiger partial charge in [-0.1, -0.05) is 37.6 Å². The van der Waals surface area contributed by atoms with Crippen LogP contribution in [-0.2, 0) is 0 Å². The lowest BCUT2D eigenvalue weighted by Crippen LogP contribution is -2.40. The molecule has 0 aliphatic rings. The van der Waals surface area contributed by atoms with Gasteiger partial charge in [-0.25, -0.2) is 0 Å². The van der Waals surface area contributed by atoms with Gasteiger partial charge in [0.25, 0.3) is 5.91 Å². The molecule has 4 nitrogen and oxygen atoms in total. The highest BCUT2D eigenvalue weighted by molar-refractivity contribution is 6.03. The molecule has 21 heavy (non-hydrogen) atoms. The van der Waals surface area contributed by atoms with Gasteiger partial charge in [-0.2, -0.15) is 0 Å². The normalized spacial score (nSPS) is 13.9. The number of carbonyl (C=O) groups excluding carboxylic acids is 1. The zero-order valence-corrected chi connectivity index (χ0v) is 12.5. The van der Waals surface area contributed by atoms with Crippen molar-refractivity contribution in [2.24, 2.45) is 0 Å². The van der Waals surface area contributed by atoms with Gasteiger partial charge in [-0.3, -0.25) is 4.79 Å². The van der Waals surface area contributed by atoms with Gasteiger partial charge in [0.15, 0.2) is 0 Å². The maximum Gasteiger partial charge on any atom is 0.253 e. The summed E-state index contributed by atoms with van der Waals surface area (Å²) in [7, 11) is 0. The number of amides is 1. The molecular weight excluding hydrogens is 264 g/mol. The highest BCUT2D eigenvalue weighted by Crippen LogP contribution is 2.22. The number of fused-ring (bicyclic) bond motifs is 1. The Morgan fingerprint density at radius 2 is 1.90 bits per heavy atom. The van der Waals surface area contributed by atoms with Crippen molar-refractivity contribution in [3.8, 4) is 0 Å². The number of nitrogen functional groups attached to an aromatic ring is 1. The summed E-state index contributed by atoms with van der Waals surface area (Å²) in [5.41, 5.74) is 5.96. The van der Waals surface area contributed by atoms with Crippen molar-refractivity contribution in [1.82, 2.24) is 5.32 Å². The van der Waals surface area contributed by atoms with E-state index in [1.807, 2.05) is 31.2 Å². The first kappa shape index (κ1) is 15.3. The summed E-state index contributed by atoms with van der Waals surface area (Å²) in [6.07, 6.45) is 1.50. The highest BCUT2D eigenvalue weighted by atomic mass is 16.3. The second-order valence-corrected chi connectivity index (χ2v) is 5.72. The Balaban J connectivity index is 2.17. The lowest BCUT2D eigenvalue weighted by Gasteiger charge is -2.23. The molecule has 0 aromatic heterocycles. The van der Waals surface area contributed by atoms with Gasteiger partial charge in [0.05, 0.1) is 11.2 Å². The Morgan fingerprint density at radius 3 is 2.52 bits per heavy atom. The maximum absolute atomic E-state index is 12.3. The van der Waals surface area contributed by atoms with E-state index in [0.29, 0.717) is 17.7 Å². The van der Waals surface area contributed by atoms with Gasteiger partial charge in [0.1, 0.15) is 0 Å². The summed E-state index contributed by atoms with van der Waals surface area (Å²) in [4.78, 5) is 12.3. The third-order valence-electron chi connectivity index (χ3n) is 3.58. The Labute approximate surface area is 125 Å². The molecule has 1 amide bonds. The average Bonchev–Trinajstić information content (AvgIpc) is 2.44. The molecule has 0 bridgehead atoms. The predicted octanol–water partition coefficient (Wildman–Crippen LogP) is 2.70. The molecule has 0 spiro atoms. The lowest BCUT2D eigenvalue weighted by molar-refractivity contribution is 0.0470. The van der Waals surface area contributed by atoms with E-state index in [9.17, 15) is 9.90 Å². The van der Waals surface area contributed by atoms with Crippen LogP contribution in [-0.4, -0.2) is 23.2 Å². The highest BCUT2D eigenvalue weighted by Gasteiger charge is 2.21. The standard InChI is InChI=1S/C17H22N2O2/c1-3-8-17(2,21)11-19-16(20)14-9-12-6-4-5-7-13(12)10-15(14)18/h4-7,9-10,21H,3,8,11,18H2,1-2H3,(H,19,20). The number of hydrogen-bond acceptors (Lipinski definition) is 3. The average molecular weight is 286 g/mol. The molecule has 112 valence electrons. The van der Waals surface area contributed by atoms with Crippen LogP contribution in [0.1, 0.15) is 37.0 Å². The minimum absolute atomic E-state index is 0.214. The Hall–Kier alpha value is -2.07. The van der Waals surface area contributed by atoms with Crippen molar-refractivity contribution in [3.05, 3.63) is 42.0 Å². The topological polar surface area (TPSA) is 75.3 Å². The minimum Gasteiger partial charge on any atom is -0.398 e. The van der Waals surface area contributed by atoms with Gasteiger partial charge in [-0.05, 0) is 36.2 Å². The monoisotopic (exact) mass is 286 g/mol. The van der Waals surface area contributed by atoms with Gasteiger partial charge in [-0.15, -0.1) is 0 Å². The van der Waals surface area contributed by atoms with Crippen molar-refractivity contribution in [1.29, 1.82) is 0 Å². The quantitative estimate of drug-likeness (QED) is 0.740. The number of benzene rings is 2. The largest absolute Gasteiger partial charge is 0.398 e. The third-order valence-corrected chi connectivity index (χ3v) is 3.58. The number of anilines is 1. The van der Waals surface area contributed by atoms with Crippen LogP contribution in [0.15, 0.2) is 36.4 Å². The van der Waals surface area contributed by atoms with Gasteiger partial charge >= 0.3 is 0 Å². The fourth-order valence-corrected chi connectivity index (χ4v) is 2.45. The summed E-state index contributed by atoms with van der Waals surface area (Å²) in [5.74, 6) is -0.255. The fraction of sp³-hybridized carbons (Fsp3) is 0.353. The number of rotatable bonds is 5. The summed E-state index contributed by atoms with van der Waals surface area (Å²) in [6, 6.07) is 11.3. The SMILES string of the molecule is CCCC(C)(O)CNC(=O)c1cc2ccccc2cc1N. The van der Waals surface area contributed by atoms with Crippen molar-refractivity contribution in [3.63, 3.8) is 0 Å².